The molecule has 2 amide bonds. The quantitative estimate of drug-likeness (QED) is 0.428. The first-order chi connectivity index (χ1) is 17.6. The molecule has 5 rings (SSSR count). The summed E-state index contributed by atoms with van der Waals surface area (Å²) in [5, 5.41) is 25.0. The van der Waals surface area contributed by atoms with Gasteiger partial charge < -0.3 is 24.7 Å². The Morgan fingerprint density at radius 3 is 2.89 bits per heavy atom. The van der Waals surface area contributed by atoms with Gasteiger partial charge in [-0.1, -0.05) is 11.8 Å². The third-order valence-corrected chi connectivity index (χ3v) is 8.19. The molecule has 2 N–H and O–H groups in total. The van der Waals surface area contributed by atoms with E-state index in [2.05, 4.69) is 26.9 Å². The van der Waals surface area contributed by atoms with E-state index in [1.165, 1.54) is 28.0 Å². The fraction of sp³-hybridized carbons (Fsp3) is 0.375. The first-order valence-electron chi connectivity index (χ1n) is 11.6. The number of thioether (sulfide) groups is 1. The highest BCUT2D eigenvalue weighted by atomic mass is 32.2. The van der Waals surface area contributed by atoms with Crippen molar-refractivity contribution >= 4 is 39.9 Å². The number of amides is 2. The van der Waals surface area contributed by atoms with E-state index in [1.807, 2.05) is 11.5 Å². The second kappa shape index (κ2) is 10.6. The molecule has 0 atom stereocenters. The number of hydrogen-bond donors (Lipinski definition) is 2. The maximum atomic E-state index is 12.7. The van der Waals surface area contributed by atoms with Gasteiger partial charge in [0, 0.05) is 17.0 Å². The number of carbonyl (C=O) groups is 2. The molecule has 186 valence electrons. The topological polar surface area (TPSA) is 131 Å². The minimum atomic E-state index is -0.264. The Morgan fingerprint density at radius 2 is 2.06 bits per heavy atom. The second-order valence-electron chi connectivity index (χ2n) is 8.26. The number of thiophene rings is 1. The predicted octanol–water partition coefficient (Wildman–Crippen LogP) is 3.50. The molecule has 0 fully saturated rings. The highest BCUT2D eigenvalue weighted by molar-refractivity contribution is 7.99. The lowest BCUT2D eigenvalue weighted by molar-refractivity contribution is -0.113. The van der Waals surface area contributed by atoms with Crippen LogP contribution in [-0.2, 0) is 30.7 Å². The lowest BCUT2D eigenvalue weighted by Crippen LogP contribution is -2.24. The van der Waals surface area contributed by atoms with Crippen molar-refractivity contribution in [3.8, 4) is 17.6 Å². The molecule has 10 nitrogen and oxygen atoms in total. The van der Waals surface area contributed by atoms with E-state index in [0.717, 1.165) is 31.2 Å². The summed E-state index contributed by atoms with van der Waals surface area (Å²) in [5.41, 5.74) is 2.15. The SMILES string of the molecule is CCn1c(CNC(=O)c2ccc3c(c2)OCO3)nnc1SCC(=O)Nc1sc2c(c1C#N)CCCC2. The Morgan fingerprint density at radius 1 is 1.22 bits per heavy atom. The van der Waals surface area contributed by atoms with Crippen molar-refractivity contribution in [2.45, 2.75) is 50.9 Å². The molecule has 0 saturated carbocycles. The van der Waals surface area contributed by atoms with Gasteiger partial charge in [0.2, 0.25) is 12.7 Å². The molecular formula is C24H24N6O4S2. The molecular weight excluding hydrogens is 500 g/mol. The molecule has 3 heterocycles. The summed E-state index contributed by atoms with van der Waals surface area (Å²) in [6.45, 7) is 2.87. The summed E-state index contributed by atoms with van der Waals surface area (Å²) >= 11 is 2.78. The van der Waals surface area contributed by atoms with E-state index in [-0.39, 0.29) is 30.9 Å². The minimum absolute atomic E-state index is 0.134. The van der Waals surface area contributed by atoms with Crippen molar-refractivity contribution < 1.29 is 19.1 Å². The van der Waals surface area contributed by atoms with Gasteiger partial charge in [0.05, 0.1) is 17.9 Å². The van der Waals surface area contributed by atoms with Crippen LogP contribution in [0.5, 0.6) is 11.5 Å². The molecule has 2 aromatic heterocycles. The largest absolute Gasteiger partial charge is 0.454 e. The van der Waals surface area contributed by atoms with Crippen LogP contribution in [0.3, 0.4) is 0 Å². The molecule has 0 spiro atoms. The fourth-order valence-corrected chi connectivity index (χ4v) is 6.32. The van der Waals surface area contributed by atoms with Crippen LogP contribution >= 0.6 is 23.1 Å². The maximum absolute atomic E-state index is 12.7. The number of hydrogen-bond acceptors (Lipinski definition) is 9. The van der Waals surface area contributed by atoms with Crippen molar-refractivity contribution in [1.82, 2.24) is 20.1 Å². The van der Waals surface area contributed by atoms with Gasteiger partial charge in [0.1, 0.15) is 11.1 Å². The average molecular weight is 525 g/mol. The van der Waals surface area contributed by atoms with E-state index < -0.39 is 0 Å². The number of carbonyl (C=O) groups excluding carboxylic acids is 2. The predicted molar refractivity (Wildman–Crippen MR) is 134 cm³/mol. The third-order valence-electron chi connectivity index (χ3n) is 6.02. The molecule has 1 aliphatic carbocycles. The van der Waals surface area contributed by atoms with Crippen molar-refractivity contribution in [2.24, 2.45) is 0 Å². The zero-order valence-electron chi connectivity index (χ0n) is 19.6. The van der Waals surface area contributed by atoms with Gasteiger partial charge in [-0.2, -0.15) is 5.26 Å². The van der Waals surface area contributed by atoms with Crippen LogP contribution in [-0.4, -0.2) is 39.1 Å². The van der Waals surface area contributed by atoms with Gasteiger partial charge in [-0.25, -0.2) is 0 Å². The number of aromatic nitrogens is 3. The highest BCUT2D eigenvalue weighted by Gasteiger charge is 2.22. The highest BCUT2D eigenvalue weighted by Crippen LogP contribution is 2.37. The third kappa shape index (κ3) is 4.89. The van der Waals surface area contributed by atoms with E-state index in [9.17, 15) is 14.9 Å². The number of benzene rings is 1. The van der Waals surface area contributed by atoms with Gasteiger partial charge in [-0.3, -0.25) is 9.59 Å². The number of aryl methyl sites for hydroxylation is 1. The smallest absolute Gasteiger partial charge is 0.251 e. The van der Waals surface area contributed by atoms with Crippen LogP contribution in [0.25, 0.3) is 0 Å². The molecule has 0 bridgehead atoms. The normalized spacial score (nSPS) is 13.7. The number of nitrogens with one attached hydrogen (secondary N) is 2. The summed E-state index contributed by atoms with van der Waals surface area (Å²) in [5.74, 6) is 1.42. The lowest BCUT2D eigenvalue weighted by Gasteiger charge is -2.09. The van der Waals surface area contributed by atoms with Gasteiger partial charge in [-0.15, -0.1) is 21.5 Å². The van der Waals surface area contributed by atoms with Crippen LogP contribution in [0.1, 0.15) is 52.0 Å². The number of nitrogens with zero attached hydrogens (tertiary/aromatic N) is 4. The Hall–Kier alpha value is -3.56. The second-order valence-corrected chi connectivity index (χ2v) is 10.3. The first kappa shape index (κ1) is 24.1. The van der Waals surface area contributed by atoms with Gasteiger partial charge in [0.25, 0.3) is 5.91 Å². The summed E-state index contributed by atoms with van der Waals surface area (Å²) < 4.78 is 12.5. The summed E-state index contributed by atoms with van der Waals surface area (Å²) in [7, 11) is 0. The number of rotatable bonds is 8. The molecule has 0 unspecified atom stereocenters. The van der Waals surface area contributed by atoms with E-state index >= 15 is 0 Å². The zero-order valence-corrected chi connectivity index (χ0v) is 21.3. The van der Waals surface area contributed by atoms with Crippen LogP contribution in [0.2, 0.25) is 0 Å². The van der Waals surface area contributed by atoms with Crippen molar-refractivity contribution in [3.05, 3.63) is 45.6 Å². The maximum Gasteiger partial charge on any atom is 0.251 e. The molecule has 1 aliphatic heterocycles. The molecule has 1 aromatic carbocycles. The van der Waals surface area contributed by atoms with Crippen molar-refractivity contribution in [2.75, 3.05) is 17.9 Å². The monoisotopic (exact) mass is 524 g/mol. The average Bonchev–Trinajstić information content (AvgIpc) is 3.61. The number of fused-ring (bicyclic) bond motifs is 2. The molecule has 0 saturated heterocycles. The standard InChI is InChI=1S/C24H24N6O4S2/c1-2-30-20(11-26-22(32)14-7-8-17-18(9-14)34-13-33-17)28-29-24(30)35-12-21(31)27-23-16(10-25)15-5-3-4-6-19(15)36-23/h7-9H,2-6,11-13H2,1H3,(H,26,32)(H,27,31). The van der Waals surface area contributed by atoms with E-state index in [1.54, 1.807) is 18.2 Å². The number of ether oxygens (including phenoxy) is 2. The Bertz CT molecular complexity index is 1360. The van der Waals surface area contributed by atoms with Crippen LogP contribution in [0.4, 0.5) is 5.00 Å². The van der Waals surface area contributed by atoms with Crippen molar-refractivity contribution in [3.63, 3.8) is 0 Å². The van der Waals surface area contributed by atoms with Crippen molar-refractivity contribution in [1.29, 1.82) is 5.26 Å². The summed E-state index contributed by atoms with van der Waals surface area (Å²) in [6.07, 6.45) is 4.06. The number of nitriles is 1. The van der Waals surface area contributed by atoms with E-state index in [0.29, 0.717) is 45.2 Å². The molecule has 36 heavy (non-hydrogen) atoms. The molecule has 2 aliphatic rings. The van der Waals surface area contributed by atoms with Gasteiger partial charge >= 0.3 is 0 Å². The fourth-order valence-electron chi connectivity index (χ4n) is 4.24. The summed E-state index contributed by atoms with van der Waals surface area (Å²) in [4.78, 5) is 26.5. The Balaban J connectivity index is 1.18. The number of anilines is 1. The summed E-state index contributed by atoms with van der Waals surface area (Å²) in [6, 6.07) is 7.29. The molecule has 12 heteroatoms. The van der Waals surface area contributed by atoms with Gasteiger partial charge in [-0.05, 0) is 56.4 Å². The zero-order chi connectivity index (χ0) is 25.1. The molecule has 3 aromatic rings. The molecule has 0 radical (unpaired) electrons. The van der Waals surface area contributed by atoms with Crippen LogP contribution in [0.15, 0.2) is 23.4 Å². The Kier molecular flexibility index (Phi) is 7.11. The minimum Gasteiger partial charge on any atom is -0.454 e. The van der Waals surface area contributed by atoms with Gasteiger partial charge in [0.15, 0.2) is 22.5 Å². The van der Waals surface area contributed by atoms with Crippen LogP contribution < -0.4 is 20.1 Å². The van der Waals surface area contributed by atoms with Crippen LogP contribution in [0, 0.1) is 11.3 Å². The van der Waals surface area contributed by atoms with E-state index in [4.69, 9.17) is 9.47 Å². The first-order valence-corrected chi connectivity index (χ1v) is 13.4. The Labute approximate surface area is 216 Å². The lowest BCUT2D eigenvalue weighted by atomic mass is 9.96.